The van der Waals surface area contributed by atoms with Crippen molar-refractivity contribution in [2.24, 2.45) is 4.99 Å². The third-order valence-corrected chi connectivity index (χ3v) is 7.35. The Labute approximate surface area is 261 Å². The molecule has 3 amide bonds. The van der Waals surface area contributed by atoms with E-state index < -0.39 is 30.6 Å². The molecule has 1 aliphatic heterocycles. The lowest BCUT2D eigenvalue weighted by atomic mass is 10.0. The Morgan fingerprint density at radius 1 is 1.02 bits per heavy atom. The smallest absolute Gasteiger partial charge is 0.406 e. The SMILES string of the molecule is COC(c1ccc(C)cc1N1C(=O)CS/C1=N\C(=O)Nc1ccc(-n2cnc(-c3ccc(OC(F)(F)F)cc3)n2)cc1)C(F)(F)F. The molecule has 0 radical (unpaired) electrons. The van der Waals surface area contributed by atoms with Crippen molar-refractivity contribution in [2.45, 2.75) is 25.6 Å². The standard InChI is InChI=1S/C29H22F6N6O4S/c1-16-3-12-21(24(44-2)28(30,31)32)22(13-16)41-23(42)14-46-27(41)38-26(43)37-18-6-8-19(9-7-18)40-15-36-25(39-40)17-4-10-20(11-5-17)45-29(33,34)35/h3-13,15,24H,14H2,1-2H3,(H,37,43)/b38-27-. The fourth-order valence-corrected chi connectivity index (χ4v) is 5.31. The van der Waals surface area contributed by atoms with Crippen LogP contribution in [0.15, 0.2) is 78.0 Å². The number of amidine groups is 1. The van der Waals surface area contributed by atoms with Gasteiger partial charge in [0.2, 0.25) is 5.91 Å². The zero-order valence-electron chi connectivity index (χ0n) is 23.8. The molecule has 1 aromatic heterocycles. The average molecular weight is 665 g/mol. The number of carbonyl (C=O) groups is 2. The highest BCUT2D eigenvalue weighted by molar-refractivity contribution is 8.15. The second kappa shape index (κ2) is 12.8. The van der Waals surface area contributed by atoms with Gasteiger partial charge in [-0.05, 0) is 67.1 Å². The second-order valence-electron chi connectivity index (χ2n) is 9.69. The highest BCUT2D eigenvalue weighted by atomic mass is 32.2. The summed E-state index contributed by atoms with van der Waals surface area (Å²) in [4.78, 5) is 34.7. The maximum atomic E-state index is 13.7. The summed E-state index contributed by atoms with van der Waals surface area (Å²) in [5.74, 6) is -0.833. The van der Waals surface area contributed by atoms with Crippen LogP contribution in [0.25, 0.3) is 17.1 Å². The molecule has 1 unspecified atom stereocenters. The molecule has 10 nitrogen and oxygen atoms in total. The zero-order valence-corrected chi connectivity index (χ0v) is 24.6. The number of aromatic nitrogens is 3. The topological polar surface area (TPSA) is 111 Å². The van der Waals surface area contributed by atoms with Crippen LogP contribution in [0.2, 0.25) is 0 Å². The van der Waals surface area contributed by atoms with Gasteiger partial charge in [0.15, 0.2) is 17.1 Å². The Balaban J connectivity index is 1.30. The Morgan fingerprint density at radius 3 is 2.35 bits per heavy atom. The minimum absolute atomic E-state index is 0.0899. The van der Waals surface area contributed by atoms with Gasteiger partial charge in [-0.3, -0.25) is 9.69 Å². The number of hydrogen-bond acceptors (Lipinski definition) is 7. The van der Waals surface area contributed by atoms with Crippen molar-refractivity contribution in [1.29, 1.82) is 0 Å². The highest BCUT2D eigenvalue weighted by Crippen LogP contribution is 2.42. The normalized spacial score (nSPS) is 15.3. The lowest BCUT2D eigenvalue weighted by Crippen LogP contribution is -2.33. The van der Waals surface area contributed by atoms with E-state index in [4.69, 9.17) is 4.74 Å². The van der Waals surface area contributed by atoms with Crippen LogP contribution in [-0.4, -0.2) is 57.3 Å². The lowest BCUT2D eigenvalue weighted by molar-refractivity contribution is -0.274. The van der Waals surface area contributed by atoms with Crippen LogP contribution >= 0.6 is 11.8 Å². The van der Waals surface area contributed by atoms with Crippen LogP contribution in [0.1, 0.15) is 17.2 Å². The number of rotatable bonds is 7. The molecular weight excluding hydrogens is 642 g/mol. The molecular formula is C29H22F6N6O4S. The Hall–Kier alpha value is -4.90. The van der Waals surface area contributed by atoms with Crippen molar-refractivity contribution in [3.8, 4) is 22.8 Å². The molecule has 1 fully saturated rings. The van der Waals surface area contributed by atoms with Gasteiger partial charge in [0.05, 0.1) is 17.1 Å². The fraction of sp³-hybridized carbons (Fsp3) is 0.207. The molecule has 0 saturated carbocycles. The number of methoxy groups -OCH3 is 1. The summed E-state index contributed by atoms with van der Waals surface area (Å²) in [6, 6.07) is 14.5. The van der Waals surface area contributed by atoms with Gasteiger partial charge >= 0.3 is 18.6 Å². The van der Waals surface area contributed by atoms with Gasteiger partial charge in [-0.2, -0.15) is 18.2 Å². The second-order valence-corrected chi connectivity index (χ2v) is 10.6. The molecule has 0 spiro atoms. The molecule has 3 aromatic carbocycles. The molecule has 4 aromatic rings. The summed E-state index contributed by atoms with van der Waals surface area (Å²) in [6.07, 6.45) is -10.5. The first-order chi connectivity index (χ1) is 21.7. The molecule has 0 aliphatic carbocycles. The van der Waals surface area contributed by atoms with Gasteiger partial charge < -0.3 is 14.8 Å². The maximum Gasteiger partial charge on any atom is 0.573 e. The maximum absolute atomic E-state index is 13.7. The number of aliphatic imine (C=N–C) groups is 1. The van der Waals surface area contributed by atoms with Crippen LogP contribution in [-0.2, 0) is 9.53 Å². The van der Waals surface area contributed by atoms with Crippen LogP contribution in [0, 0.1) is 6.92 Å². The predicted molar refractivity (Wildman–Crippen MR) is 157 cm³/mol. The van der Waals surface area contributed by atoms with Gasteiger partial charge in [0.1, 0.15) is 12.1 Å². The molecule has 17 heteroatoms. The predicted octanol–water partition coefficient (Wildman–Crippen LogP) is 7.06. The number of nitrogens with one attached hydrogen (secondary N) is 1. The largest absolute Gasteiger partial charge is 0.573 e. The number of carbonyl (C=O) groups excluding carboxylic acids is 2. The number of benzene rings is 3. The monoisotopic (exact) mass is 664 g/mol. The fourth-order valence-electron chi connectivity index (χ4n) is 4.45. The molecule has 2 heterocycles. The quantitative estimate of drug-likeness (QED) is 0.211. The molecule has 1 aliphatic rings. The number of hydrogen-bond donors (Lipinski definition) is 1. The minimum Gasteiger partial charge on any atom is -0.406 e. The first-order valence-corrected chi connectivity index (χ1v) is 14.1. The zero-order chi connectivity index (χ0) is 33.2. The van der Waals surface area contributed by atoms with Crippen molar-refractivity contribution in [1.82, 2.24) is 14.8 Å². The summed E-state index contributed by atoms with van der Waals surface area (Å²) < 4.78 is 88.4. The van der Waals surface area contributed by atoms with Gasteiger partial charge in [-0.1, -0.05) is 23.9 Å². The molecule has 1 atom stereocenters. The number of ether oxygens (including phenoxy) is 2. The van der Waals surface area contributed by atoms with E-state index in [2.05, 4.69) is 25.1 Å². The van der Waals surface area contributed by atoms with Gasteiger partial charge in [0, 0.05) is 23.9 Å². The third kappa shape index (κ3) is 7.48. The van der Waals surface area contributed by atoms with Crippen molar-refractivity contribution in [3.05, 3.63) is 84.2 Å². The van der Waals surface area contributed by atoms with E-state index in [-0.39, 0.29) is 33.7 Å². The third-order valence-electron chi connectivity index (χ3n) is 6.43. The van der Waals surface area contributed by atoms with Crippen molar-refractivity contribution < 1.29 is 45.4 Å². The van der Waals surface area contributed by atoms with Gasteiger partial charge in [0.25, 0.3) is 0 Å². The minimum atomic E-state index is -4.81. The molecule has 240 valence electrons. The van der Waals surface area contributed by atoms with Crippen molar-refractivity contribution >= 4 is 40.2 Å². The van der Waals surface area contributed by atoms with Gasteiger partial charge in [-0.15, -0.1) is 18.3 Å². The van der Waals surface area contributed by atoms with Crippen LogP contribution in [0.5, 0.6) is 5.75 Å². The van der Waals surface area contributed by atoms with Crippen LogP contribution < -0.4 is 15.0 Å². The number of halogens is 6. The Morgan fingerprint density at radius 2 is 1.72 bits per heavy atom. The van der Waals surface area contributed by atoms with Crippen molar-refractivity contribution in [2.75, 3.05) is 23.1 Å². The summed E-state index contributed by atoms with van der Waals surface area (Å²) in [5.41, 5.74) is 1.48. The van der Waals surface area contributed by atoms with Crippen LogP contribution in [0.4, 0.5) is 42.5 Å². The van der Waals surface area contributed by atoms with Crippen LogP contribution in [0.3, 0.4) is 0 Å². The van der Waals surface area contributed by atoms with Gasteiger partial charge in [-0.25, -0.2) is 14.5 Å². The van der Waals surface area contributed by atoms with E-state index in [0.717, 1.165) is 35.9 Å². The van der Waals surface area contributed by atoms with E-state index in [0.29, 0.717) is 22.5 Å². The Kier molecular flexibility index (Phi) is 9.07. The summed E-state index contributed by atoms with van der Waals surface area (Å²) in [5, 5.41) is 6.77. The summed E-state index contributed by atoms with van der Waals surface area (Å²) >= 11 is 0.905. The first-order valence-electron chi connectivity index (χ1n) is 13.2. The van der Waals surface area contributed by atoms with E-state index in [9.17, 15) is 35.9 Å². The number of anilines is 2. The highest BCUT2D eigenvalue weighted by Gasteiger charge is 2.44. The number of alkyl halides is 6. The van der Waals surface area contributed by atoms with E-state index in [1.54, 1.807) is 19.1 Å². The first kappa shape index (κ1) is 32.5. The van der Waals surface area contributed by atoms with Crippen molar-refractivity contribution in [3.63, 3.8) is 0 Å². The number of urea groups is 1. The summed E-state index contributed by atoms with van der Waals surface area (Å²) in [7, 11) is 0.913. The molecule has 5 rings (SSSR count). The molecule has 1 saturated heterocycles. The van der Waals surface area contributed by atoms with E-state index in [1.807, 2.05) is 0 Å². The molecule has 46 heavy (non-hydrogen) atoms. The number of thioether (sulfide) groups is 1. The Bertz CT molecular complexity index is 1770. The lowest BCUT2D eigenvalue weighted by Gasteiger charge is -2.26. The number of amides is 3. The molecule has 1 N–H and O–H groups in total. The average Bonchev–Trinajstić information content (AvgIpc) is 3.60. The van der Waals surface area contributed by atoms with E-state index in [1.165, 1.54) is 53.5 Å². The van der Waals surface area contributed by atoms with E-state index >= 15 is 0 Å². The molecule has 0 bridgehead atoms. The summed E-state index contributed by atoms with van der Waals surface area (Å²) in [6.45, 7) is 1.65. The number of aryl methyl sites for hydroxylation is 1. The number of nitrogens with zero attached hydrogens (tertiary/aromatic N) is 5.